The number of hydrogen-bond donors (Lipinski definition) is 1. The smallest absolute Gasteiger partial charge is 0.217 e. The van der Waals surface area contributed by atoms with Crippen LogP contribution in [0.4, 0.5) is 0 Å². The van der Waals surface area contributed by atoms with Crippen LogP contribution < -0.4 is 5.32 Å². The fourth-order valence-electron chi connectivity index (χ4n) is 1.71. The second-order valence-corrected chi connectivity index (χ2v) is 4.16. The van der Waals surface area contributed by atoms with E-state index >= 15 is 0 Å². The van der Waals surface area contributed by atoms with E-state index in [0.29, 0.717) is 12.8 Å². The minimum Gasteiger partial charge on any atom is -0.382 e. The van der Waals surface area contributed by atoms with E-state index in [1.54, 1.807) is 0 Å². The van der Waals surface area contributed by atoms with Gasteiger partial charge in [0.15, 0.2) is 5.78 Å². The highest BCUT2D eigenvalue weighted by Crippen LogP contribution is 2.04. The zero-order valence-corrected chi connectivity index (χ0v) is 10.8. The monoisotopic (exact) mass is 249 g/mol. The summed E-state index contributed by atoms with van der Waals surface area (Å²) in [6, 6.07) is 9.25. The fourth-order valence-corrected chi connectivity index (χ4v) is 1.71. The van der Waals surface area contributed by atoms with Crippen molar-refractivity contribution in [3.8, 4) is 0 Å². The maximum atomic E-state index is 11.9. The van der Waals surface area contributed by atoms with Gasteiger partial charge in [-0.05, 0) is 12.0 Å². The first kappa shape index (κ1) is 14.4. The van der Waals surface area contributed by atoms with E-state index in [1.807, 2.05) is 30.3 Å². The second kappa shape index (κ2) is 7.61. The maximum Gasteiger partial charge on any atom is 0.217 e. The lowest BCUT2D eigenvalue weighted by atomic mass is 10.0. The number of nitrogens with one attached hydrogen (secondary N) is 1. The topological polar surface area (TPSA) is 55.4 Å². The molecule has 0 aromatic heterocycles. The molecule has 0 aliphatic rings. The summed E-state index contributed by atoms with van der Waals surface area (Å²) in [6.07, 6.45) is 1.08. The Morgan fingerprint density at radius 2 is 1.94 bits per heavy atom. The first-order valence-corrected chi connectivity index (χ1v) is 5.96. The lowest BCUT2D eigenvalue weighted by Gasteiger charge is -2.15. The summed E-state index contributed by atoms with van der Waals surface area (Å²) >= 11 is 0. The van der Waals surface area contributed by atoms with Crippen LogP contribution in [0.1, 0.15) is 18.9 Å². The Morgan fingerprint density at radius 1 is 1.28 bits per heavy atom. The molecular weight excluding hydrogens is 230 g/mol. The number of carbonyl (C=O) groups is 2. The predicted molar refractivity (Wildman–Crippen MR) is 69.3 cm³/mol. The van der Waals surface area contributed by atoms with Crippen molar-refractivity contribution in [3.63, 3.8) is 0 Å². The van der Waals surface area contributed by atoms with E-state index in [9.17, 15) is 9.59 Å². The van der Waals surface area contributed by atoms with Gasteiger partial charge in [-0.1, -0.05) is 30.3 Å². The number of ketones is 1. The van der Waals surface area contributed by atoms with Gasteiger partial charge in [-0.25, -0.2) is 0 Å². The normalized spacial score (nSPS) is 11.9. The molecule has 1 N–H and O–H groups in total. The number of aryl methyl sites for hydroxylation is 1. The van der Waals surface area contributed by atoms with Crippen LogP contribution in [0.25, 0.3) is 0 Å². The average molecular weight is 249 g/mol. The summed E-state index contributed by atoms with van der Waals surface area (Å²) in [6.45, 7) is 1.61. The number of methoxy groups -OCH3 is 1. The summed E-state index contributed by atoms with van der Waals surface area (Å²) in [5.41, 5.74) is 1.12. The van der Waals surface area contributed by atoms with Gasteiger partial charge in [-0.2, -0.15) is 0 Å². The van der Waals surface area contributed by atoms with Crippen molar-refractivity contribution in [2.24, 2.45) is 0 Å². The van der Waals surface area contributed by atoms with Gasteiger partial charge in [0.25, 0.3) is 0 Å². The third-order valence-corrected chi connectivity index (χ3v) is 2.60. The molecular formula is C14H19NO3. The van der Waals surface area contributed by atoms with Crippen molar-refractivity contribution in [1.29, 1.82) is 0 Å². The van der Waals surface area contributed by atoms with Gasteiger partial charge in [-0.3, -0.25) is 9.59 Å². The second-order valence-electron chi connectivity index (χ2n) is 4.16. The number of benzene rings is 1. The van der Waals surface area contributed by atoms with Crippen LogP contribution in [0.3, 0.4) is 0 Å². The number of carbonyl (C=O) groups excluding carboxylic acids is 2. The summed E-state index contributed by atoms with van der Waals surface area (Å²) < 4.78 is 4.94. The highest BCUT2D eigenvalue weighted by molar-refractivity contribution is 5.88. The van der Waals surface area contributed by atoms with Crippen LogP contribution in [0.5, 0.6) is 0 Å². The third-order valence-electron chi connectivity index (χ3n) is 2.60. The average Bonchev–Trinajstić information content (AvgIpc) is 2.36. The minimum atomic E-state index is -0.545. The van der Waals surface area contributed by atoms with Crippen LogP contribution in [0.15, 0.2) is 30.3 Å². The molecule has 1 atom stereocenters. The molecule has 0 aliphatic heterocycles. The molecule has 1 amide bonds. The lowest BCUT2D eigenvalue weighted by Crippen LogP contribution is -2.43. The Morgan fingerprint density at radius 3 is 2.50 bits per heavy atom. The van der Waals surface area contributed by atoms with Crippen molar-refractivity contribution in [3.05, 3.63) is 35.9 Å². The molecule has 18 heavy (non-hydrogen) atoms. The quantitative estimate of drug-likeness (QED) is 0.793. The predicted octanol–water partition coefficient (Wildman–Crippen LogP) is 1.34. The van der Waals surface area contributed by atoms with Crippen LogP contribution in [-0.4, -0.2) is 31.4 Å². The van der Waals surface area contributed by atoms with Crippen molar-refractivity contribution in [2.75, 3.05) is 13.7 Å². The molecule has 0 spiro atoms. The van der Waals surface area contributed by atoms with Crippen LogP contribution >= 0.6 is 0 Å². The van der Waals surface area contributed by atoms with Gasteiger partial charge < -0.3 is 10.1 Å². The highest BCUT2D eigenvalue weighted by Gasteiger charge is 2.18. The Bertz CT molecular complexity index is 389. The molecule has 0 heterocycles. The number of ether oxygens (including phenoxy) is 1. The highest BCUT2D eigenvalue weighted by atomic mass is 16.5. The van der Waals surface area contributed by atoms with Gasteiger partial charge in [0.05, 0.1) is 6.61 Å². The van der Waals surface area contributed by atoms with Crippen molar-refractivity contribution in [1.82, 2.24) is 5.32 Å². The van der Waals surface area contributed by atoms with E-state index in [-0.39, 0.29) is 18.3 Å². The van der Waals surface area contributed by atoms with Crippen LogP contribution in [-0.2, 0) is 20.7 Å². The Kier molecular flexibility index (Phi) is 6.08. The van der Waals surface area contributed by atoms with Gasteiger partial charge in [0, 0.05) is 20.5 Å². The molecule has 1 rings (SSSR count). The maximum absolute atomic E-state index is 11.9. The van der Waals surface area contributed by atoms with Crippen molar-refractivity contribution < 1.29 is 14.3 Å². The Balaban J connectivity index is 2.48. The van der Waals surface area contributed by atoms with E-state index in [4.69, 9.17) is 4.74 Å². The van der Waals surface area contributed by atoms with Crippen LogP contribution in [0.2, 0.25) is 0 Å². The first-order valence-electron chi connectivity index (χ1n) is 5.96. The molecule has 4 nitrogen and oxygen atoms in total. The Hall–Kier alpha value is -1.68. The van der Waals surface area contributed by atoms with Gasteiger partial charge in [0.2, 0.25) is 5.91 Å². The summed E-state index contributed by atoms with van der Waals surface area (Å²) in [5, 5.41) is 2.60. The van der Waals surface area contributed by atoms with Gasteiger partial charge in [0.1, 0.15) is 6.04 Å². The molecule has 1 unspecified atom stereocenters. The molecule has 4 heteroatoms. The Labute approximate surface area is 107 Å². The van der Waals surface area contributed by atoms with E-state index < -0.39 is 6.04 Å². The van der Waals surface area contributed by atoms with Crippen molar-refractivity contribution >= 4 is 11.7 Å². The number of amides is 1. The SMILES string of the molecule is COCC(NC(C)=O)C(=O)CCc1ccccc1. The summed E-state index contributed by atoms with van der Waals surface area (Å²) in [4.78, 5) is 22.9. The molecule has 0 radical (unpaired) electrons. The summed E-state index contributed by atoms with van der Waals surface area (Å²) in [5.74, 6) is -0.221. The number of Topliss-reactive ketones (excluding diaryl/α,β-unsaturated/α-hetero) is 1. The zero-order valence-electron chi connectivity index (χ0n) is 10.8. The lowest BCUT2D eigenvalue weighted by molar-refractivity contribution is -0.128. The molecule has 0 fully saturated rings. The molecule has 0 saturated heterocycles. The molecule has 0 saturated carbocycles. The first-order chi connectivity index (χ1) is 8.63. The number of rotatable bonds is 7. The fraction of sp³-hybridized carbons (Fsp3) is 0.429. The van der Waals surface area contributed by atoms with E-state index in [0.717, 1.165) is 5.56 Å². The van der Waals surface area contributed by atoms with E-state index in [2.05, 4.69) is 5.32 Å². The molecule has 0 aliphatic carbocycles. The molecule has 1 aromatic carbocycles. The third kappa shape index (κ3) is 5.10. The standard InChI is InChI=1S/C14H19NO3/c1-11(16)15-13(10-18-2)14(17)9-8-12-6-4-3-5-7-12/h3-7,13H,8-10H2,1-2H3,(H,15,16). The molecule has 98 valence electrons. The molecule has 1 aromatic rings. The molecule has 0 bridgehead atoms. The van der Waals surface area contributed by atoms with Gasteiger partial charge >= 0.3 is 0 Å². The summed E-state index contributed by atoms with van der Waals surface area (Å²) in [7, 11) is 1.51. The zero-order chi connectivity index (χ0) is 13.4. The largest absolute Gasteiger partial charge is 0.382 e. The number of hydrogen-bond acceptors (Lipinski definition) is 3. The van der Waals surface area contributed by atoms with Gasteiger partial charge in [-0.15, -0.1) is 0 Å². The van der Waals surface area contributed by atoms with Crippen LogP contribution in [0, 0.1) is 0 Å². The van der Waals surface area contributed by atoms with Crippen molar-refractivity contribution in [2.45, 2.75) is 25.8 Å². The minimum absolute atomic E-state index is 0.00379. The van der Waals surface area contributed by atoms with E-state index in [1.165, 1.54) is 14.0 Å².